The minimum Gasteiger partial charge on any atom is -0.461 e. The summed E-state index contributed by atoms with van der Waals surface area (Å²) in [5, 5.41) is 0. The smallest absolute Gasteiger partial charge is 0.310 e. The number of Topliss-reactive ketones (excluding diaryl/α,β-unsaturated/α-hetero) is 1. The van der Waals surface area contributed by atoms with Gasteiger partial charge < -0.3 is 13.9 Å². The van der Waals surface area contributed by atoms with Gasteiger partial charge >= 0.3 is 11.9 Å². The quantitative estimate of drug-likeness (QED) is 0.0756. The molecule has 0 fully saturated rings. The van der Waals surface area contributed by atoms with Crippen molar-refractivity contribution in [3.05, 3.63) is 12.7 Å². The molecule has 222 valence electrons. The van der Waals surface area contributed by atoms with Gasteiger partial charge in [-0.05, 0) is 51.2 Å². The number of hydrogen-bond donors (Lipinski definition) is 0. The van der Waals surface area contributed by atoms with E-state index in [1.807, 2.05) is 6.92 Å². The van der Waals surface area contributed by atoms with Crippen LogP contribution in [0.5, 0.6) is 0 Å². The Bertz CT molecular complexity index is 791. The van der Waals surface area contributed by atoms with E-state index in [2.05, 4.69) is 27.4 Å². The molecule has 0 radical (unpaired) electrons. The molecule has 0 aromatic heterocycles. The highest BCUT2D eigenvalue weighted by Gasteiger charge is 2.48. The summed E-state index contributed by atoms with van der Waals surface area (Å²) in [6, 6.07) is 2.56. The van der Waals surface area contributed by atoms with Gasteiger partial charge in [0.15, 0.2) is 8.32 Å². The number of ether oxygens (including phenoxy) is 2. The minimum atomic E-state index is -2.22. The zero-order valence-corrected chi connectivity index (χ0v) is 28.2. The van der Waals surface area contributed by atoms with Gasteiger partial charge in [0.25, 0.3) is 0 Å². The molecule has 0 bridgehead atoms. The van der Waals surface area contributed by atoms with E-state index in [1.54, 1.807) is 47.6 Å². The van der Waals surface area contributed by atoms with Gasteiger partial charge in [0.2, 0.25) is 3.79 Å². The number of carbonyl (C=O) groups excluding carboxylic acids is 3. The molecule has 0 unspecified atom stereocenters. The van der Waals surface area contributed by atoms with Crippen molar-refractivity contribution >= 4 is 60.8 Å². The number of rotatable bonds is 16. The van der Waals surface area contributed by atoms with Gasteiger partial charge in [-0.25, -0.2) is 0 Å². The van der Waals surface area contributed by atoms with E-state index < -0.39 is 59.6 Å². The van der Waals surface area contributed by atoms with Crippen LogP contribution in [0.3, 0.4) is 0 Å². The Balaban J connectivity index is 6.39. The molecule has 0 aliphatic heterocycles. The molecule has 0 amide bonds. The van der Waals surface area contributed by atoms with Crippen molar-refractivity contribution in [2.45, 2.75) is 116 Å². The molecule has 6 nitrogen and oxygen atoms in total. The summed E-state index contributed by atoms with van der Waals surface area (Å²) in [4.78, 5) is 40.3. The Morgan fingerprint density at radius 3 is 1.84 bits per heavy atom. The van der Waals surface area contributed by atoms with Crippen molar-refractivity contribution < 1.29 is 28.3 Å². The zero-order valence-electron chi connectivity index (χ0n) is 24.9. The third kappa shape index (κ3) is 11.9. The van der Waals surface area contributed by atoms with E-state index in [0.29, 0.717) is 6.42 Å². The van der Waals surface area contributed by atoms with Gasteiger partial charge in [-0.2, -0.15) is 0 Å². The maximum Gasteiger partial charge on any atom is 0.310 e. The van der Waals surface area contributed by atoms with Crippen molar-refractivity contribution in [2.75, 3.05) is 6.61 Å². The van der Waals surface area contributed by atoms with Crippen LogP contribution in [0, 0.1) is 23.2 Å². The number of ketones is 1. The first-order chi connectivity index (χ1) is 17.2. The van der Waals surface area contributed by atoms with Crippen molar-refractivity contribution in [3.63, 3.8) is 0 Å². The topological polar surface area (TPSA) is 78.9 Å². The fourth-order valence-corrected chi connectivity index (χ4v) is 7.92. The minimum absolute atomic E-state index is 0.0674. The summed E-state index contributed by atoms with van der Waals surface area (Å²) in [5.41, 5.74) is -1.77. The normalized spacial score (nSPS) is 16.2. The second-order valence-electron chi connectivity index (χ2n) is 11.8. The highest BCUT2D eigenvalue weighted by molar-refractivity contribution is 6.73. The first kappa shape index (κ1) is 37.4. The van der Waals surface area contributed by atoms with Crippen LogP contribution in [-0.2, 0) is 28.3 Å². The first-order valence-corrected chi connectivity index (χ1v) is 17.1. The van der Waals surface area contributed by atoms with Crippen LogP contribution in [0.15, 0.2) is 12.7 Å². The van der Waals surface area contributed by atoms with Crippen LogP contribution in [-0.4, -0.2) is 48.1 Å². The van der Waals surface area contributed by atoms with Crippen LogP contribution >= 0.6 is 34.8 Å². The van der Waals surface area contributed by atoms with E-state index in [4.69, 9.17) is 48.7 Å². The van der Waals surface area contributed by atoms with Crippen molar-refractivity contribution in [2.24, 2.45) is 23.2 Å². The summed E-state index contributed by atoms with van der Waals surface area (Å²) in [5.74, 6) is -3.07. The maximum atomic E-state index is 14.2. The van der Waals surface area contributed by atoms with Crippen molar-refractivity contribution in [3.8, 4) is 0 Å². The Kier molecular flexibility index (Phi) is 15.2. The van der Waals surface area contributed by atoms with Crippen molar-refractivity contribution in [1.82, 2.24) is 0 Å². The van der Waals surface area contributed by atoms with E-state index in [9.17, 15) is 14.4 Å². The second-order valence-corrected chi connectivity index (χ2v) is 19.0. The molecule has 0 saturated carbocycles. The maximum absolute atomic E-state index is 14.2. The summed E-state index contributed by atoms with van der Waals surface area (Å²) in [6.07, 6.45) is 1.40. The first-order valence-electron chi connectivity index (χ1n) is 13.5. The molecule has 0 rings (SSSR count). The zero-order chi connectivity index (χ0) is 30.1. The van der Waals surface area contributed by atoms with Crippen LogP contribution in [0.2, 0.25) is 18.1 Å². The fourth-order valence-electron chi connectivity index (χ4n) is 4.78. The van der Waals surface area contributed by atoms with Gasteiger partial charge in [-0.3, -0.25) is 14.4 Å². The lowest BCUT2D eigenvalue weighted by molar-refractivity contribution is -0.162. The molecule has 0 saturated heterocycles. The second kappa shape index (κ2) is 15.4. The molecule has 38 heavy (non-hydrogen) atoms. The van der Waals surface area contributed by atoms with E-state index in [1.165, 1.54) is 0 Å². The summed E-state index contributed by atoms with van der Waals surface area (Å²) < 4.78 is 15.9. The lowest BCUT2D eigenvalue weighted by Gasteiger charge is -2.42. The predicted octanol–water partition coefficient (Wildman–Crippen LogP) is 8.08. The Labute approximate surface area is 246 Å². The SMILES string of the molecule is C=CC[C@H](C)[C@H](C(=O)OCC(Cl)(Cl)Cl)[C@@H](C)C(=O)C(C)(C)[C@H](CC(=O)OC(C)(C)C)O[Si](CC)(CC)CC. The van der Waals surface area contributed by atoms with E-state index in [0.717, 1.165) is 18.1 Å². The molecule has 0 spiro atoms. The summed E-state index contributed by atoms with van der Waals surface area (Å²) in [7, 11) is -2.22. The van der Waals surface area contributed by atoms with Gasteiger partial charge in [0, 0.05) is 11.3 Å². The van der Waals surface area contributed by atoms with Crippen LogP contribution < -0.4 is 0 Å². The third-order valence-corrected chi connectivity index (χ3v) is 12.3. The molecule has 4 atom stereocenters. The average Bonchev–Trinajstić information content (AvgIpc) is 2.78. The van der Waals surface area contributed by atoms with Crippen LogP contribution in [0.1, 0.15) is 82.1 Å². The fraction of sp³-hybridized carbons (Fsp3) is 0.821. The largest absolute Gasteiger partial charge is 0.461 e. The van der Waals surface area contributed by atoms with Gasteiger partial charge in [0.1, 0.15) is 18.0 Å². The van der Waals surface area contributed by atoms with Crippen LogP contribution in [0.4, 0.5) is 0 Å². The molecular formula is C28H49Cl3O6Si. The number of alkyl halides is 3. The molecule has 0 N–H and O–H groups in total. The van der Waals surface area contributed by atoms with Gasteiger partial charge in [0.05, 0.1) is 18.4 Å². The molecule has 0 aromatic carbocycles. The predicted molar refractivity (Wildman–Crippen MR) is 159 cm³/mol. The molecule has 0 aliphatic rings. The lowest BCUT2D eigenvalue weighted by Crippen LogP contribution is -2.51. The summed E-state index contributed by atoms with van der Waals surface area (Å²) >= 11 is 17.4. The molecule has 0 aromatic rings. The molecule has 10 heteroatoms. The van der Waals surface area contributed by atoms with E-state index >= 15 is 0 Å². The van der Waals surface area contributed by atoms with E-state index in [-0.39, 0.29) is 18.1 Å². The number of allylic oxidation sites excluding steroid dienone is 1. The highest BCUT2D eigenvalue weighted by atomic mass is 35.6. The van der Waals surface area contributed by atoms with Crippen LogP contribution in [0.25, 0.3) is 0 Å². The van der Waals surface area contributed by atoms with Gasteiger partial charge in [-0.15, -0.1) is 6.58 Å². The van der Waals surface area contributed by atoms with Gasteiger partial charge in [-0.1, -0.05) is 89.3 Å². The monoisotopic (exact) mass is 614 g/mol. The Hall–Kier alpha value is -0.603. The number of carbonyl (C=O) groups is 3. The molecule has 0 aliphatic carbocycles. The third-order valence-electron chi connectivity index (χ3n) is 7.29. The molecule has 0 heterocycles. The lowest BCUT2D eigenvalue weighted by atomic mass is 9.70. The standard InChI is InChI=1S/C28H49Cl3O6Si/c1-12-16-19(5)23(25(34)35-18-28(29,30)31)20(6)24(33)27(10,11)21(17-22(32)36-26(7,8)9)37-38(13-2,14-3)15-4/h12,19-21,23H,1,13-18H2,2-11H3/t19-,20+,21-,23-/m0/s1. The highest BCUT2D eigenvalue weighted by Crippen LogP contribution is 2.39. The number of hydrogen-bond acceptors (Lipinski definition) is 6. The van der Waals surface area contributed by atoms with Crippen molar-refractivity contribution in [1.29, 1.82) is 0 Å². The Morgan fingerprint density at radius 2 is 1.45 bits per heavy atom. The summed E-state index contributed by atoms with van der Waals surface area (Å²) in [6.45, 7) is 22.2. The average molecular weight is 616 g/mol. The Morgan fingerprint density at radius 1 is 0.947 bits per heavy atom. The molecular weight excluding hydrogens is 567 g/mol. The number of esters is 2. The number of halogens is 3.